The van der Waals surface area contributed by atoms with E-state index in [-0.39, 0.29) is 0 Å². The number of esters is 1. The summed E-state index contributed by atoms with van der Waals surface area (Å²) in [7, 11) is 3.24. The predicted molar refractivity (Wildman–Crippen MR) is 95.1 cm³/mol. The first-order valence-electron chi connectivity index (χ1n) is 7.25. The molecule has 0 atom stereocenters. The monoisotopic (exact) mass is 386 g/mol. The van der Waals surface area contributed by atoms with Gasteiger partial charge in [0.2, 0.25) is 0 Å². The first kappa shape index (κ1) is 16.3. The highest BCUT2D eigenvalue weighted by atomic mass is 79.9. The summed E-state index contributed by atoms with van der Waals surface area (Å²) in [6.45, 7) is 0. The zero-order chi connectivity index (χ0) is 17.1. The van der Waals surface area contributed by atoms with E-state index in [2.05, 4.69) is 15.9 Å². The van der Waals surface area contributed by atoms with Gasteiger partial charge in [0, 0.05) is 11.6 Å². The molecular weight excluding hydrogens is 372 g/mol. The summed E-state index contributed by atoms with van der Waals surface area (Å²) in [5.74, 6) is 1.63. The van der Waals surface area contributed by atoms with Crippen molar-refractivity contribution in [3.8, 4) is 11.5 Å². The average molecular weight is 387 g/mol. The van der Waals surface area contributed by atoms with Gasteiger partial charge >= 0.3 is 5.97 Å². The van der Waals surface area contributed by atoms with E-state index >= 15 is 0 Å². The SMILES string of the molecule is COc1ccc(C(=C2C=C(Br)C(=O)O2)c2ccc(OC)cc2)cc1. The second kappa shape index (κ2) is 6.93. The molecule has 0 radical (unpaired) electrons. The standard InChI is InChI=1S/C19H15BrO4/c1-22-14-7-3-12(4-8-14)18(17-11-16(20)19(21)24-17)13-5-9-15(23-2)10-6-13/h3-11H,1-2H3. The van der Waals surface area contributed by atoms with E-state index < -0.39 is 5.97 Å². The molecular formula is C19H15BrO4. The lowest BCUT2D eigenvalue weighted by Crippen LogP contribution is -1.98. The van der Waals surface area contributed by atoms with Crippen LogP contribution in [-0.4, -0.2) is 20.2 Å². The molecule has 1 aliphatic rings. The topological polar surface area (TPSA) is 44.8 Å². The predicted octanol–water partition coefficient (Wildman–Crippen LogP) is 4.30. The summed E-state index contributed by atoms with van der Waals surface area (Å²) in [6.07, 6.45) is 1.69. The second-order valence-corrected chi connectivity index (χ2v) is 5.93. The van der Waals surface area contributed by atoms with E-state index in [1.807, 2.05) is 48.5 Å². The van der Waals surface area contributed by atoms with Gasteiger partial charge < -0.3 is 14.2 Å². The van der Waals surface area contributed by atoms with Crippen LogP contribution in [0.1, 0.15) is 11.1 Å². The highest BCUT2D eigenvalue weighted by Gasteiger charge is 2.23. The average Bonchev–Trinajstić information content (AvgIpc) is 2.95. The maximum absolute atomic E-state index is 11.7. The summed E-state index contributed by atoms with van der Waals surface area (Å²) in [5, 5.41) is 0. The molecule has 1 aliphatic heterocycles. The molecule has 0 saturated carbocycles. The number of cyclic esters (lactones) is 1. The molecule has 24 heavy (non-hydrogen) atoms. The highest BCUT2D eigenvalue weighted by molar-refractivity contribution is 9.12. The molecule has 3 rings (SSSR count). The van der Waals surface area contributed by atoms with Crippen molar-refractivity contribution in [3.63, 3.8) is 0 Å². The number of ether oxygens (including phenoxy) is 3. The van der Waals surface area contributed by atoms with Crippen LogP contribution in [0.2, 0.25) is 0 Å². The molecule has 0 bridgehead atoms. The van der Waals surface area contributed by atoms with E-state index in [1.165, 1.54) is 0 Å². The van der Waals surface area contributed by atoms with Crippen molar-refractivity contribution >= 4 is 27.5 Å². The summed E-state index contributed by atoms with van der Waals surface area (Å²) in [5.41, 5.74) is 2.66. The molecule has 122 valence electrons. The van der Waals surface area contributed by atoms with Crippen LogP contribution in [0.5, 0.6) is 11.5 Å². The lowest BCUT2D eigenvalue weighted by atomic mass is 9.96. The Morgan fingerprint density at radius 1 is 0.875 bits per heavy atom. The number of allylic oxidation sites excluding steroid dienone is 1. The molecule has 0 aliphatic carbocycles. The first-order valence-corrected chi connectivity index (χ1v) is 8.04. The molecule has 0 spiro atoms. The van der Waals surface area contributed by atoms with Gasteiger partial charge in [-0.15, -0.1) is 0 Å². The van der Waals surface area contributed by atoms with Crippen molar-refractivity contribution in [3.05, 3.63) is 76.0 Å². The summed E-state index contributed by atoms with van der Waals surface area (Å²) >= 11 is 3.22. The van der Waals surface area contributed by atoms with E-state index in [9.17, 15) is 4.79 Å². The van der Waals surface area contributed by atoms with Crippen molar-refractivity contribution in [2.75, 3.05) is 14.2 Å². The van der Waals surface area contributed by atoms with Crippen LogP contribution >= 0.6 is 15.9 Å². The Morgan fingerprint density at radius 2 is 1.33 bits per heavy atom. The van der Waals surface area contributed by atoms with Crippen LogP contribution in [0.15, 0.2) is 64.8 Å². The third-order valence-electron chi connectivity index (χ3n) is 3.66. The summed E-state index contributed by atoms with van der Waals surface area (Å²) in [4.78, 5) is 11.7. The number of carbonyl (C=O) groups excluding carboxylic acids is 1. The van der Waals surface area contributed by atoms with E-state index in [4.69, 9.17) is 14.2 Å². The van der Waals surface area contributed by atoms with Gasteiger partial charge in [0.1, 0.15) is 21.7 Å². The lowest BCUT2D eigenvalue weighted by Gasteiger charge is -2.12. The summed E-state index contributed by atoms with van der Waals surface area (Å²) in [6, 6.07) is 15.2. The van der Waals surface area contributed by atoms with Gasteiger partial charge in [-0.2, -0.15) is 0 Å². The minimum atomic E-state index is -0.399. The number of benzene rings is 2. The van der Waals surface area contributed by atoms with Crippen molar-refractivity contribution < 1.29 is 19.0 Å². The Morgan fingerprint density at radius 3 is 1.67 bits per heavy atom. The third kappa shape index (κ3) is 3.21. The van der Waals surface area contributed by atoms with E-state index in [0.29, 0.717) is 10.2 Å². The molecule has 5 heteroatoms. The fraction of sp³-hybridized carbons (Fsp3) is 0.105. The number of hydrogen-bond donors (Lipinski definition) is 0. The zero-order valence-corrected chi connectivity index (χ0v) is 14.8. The fourth-order valence-corrected chi connectivity index (χ4v) is 2.73. The molecule has 0 unspecified atom stereocenters. The number of hydrogen-bond acceptors (Lipinski definition) is 4. The maximum Gasteiger partial charge on any atom is 0.350 e. The molecule has 0 aromatic heterocycles. The Hall–Kier alpha value is -2.53. The fourth-order valence-electron chi connectivity index (χ4n) is 2.44. The molecule has 4 nitrogen and oxygen atoms in total. The number of halogens is 1. The van der Waals surface area contributed by atoms with Crippen LogP contribution in [0.4, 0.5) is 0 Å². The van der Waals surface area contributed by atoms with Gasteiger partial charge in [-0.05, 0) is 51.3 Å². The molecule has 2 aromatic carbocycles. The van der Waals surface area contributed by atoms with Crippen LogP contribution in [-0.2, 0) is 9.53 Å². The van der Waals surface area contributed by atoms with Crippen molar-refractivity contribution in [2.45, 2.75) is 0 Å². The van der Waals surface area contributed by atoms with Crippen molar-refractivity contribution in [2.24, 2.45) is 0 Å². The second-order valence-electron chi connectivity index (χ2n) is 5.08. The quantitative estimate of drug-likeness (QED) is 0.734. The summed E-state index contributed by atoms with van der Waals surface area (Å²) < 4.78 is 16.2. The van der Waals surface area contributed by atoms with Crippen LogP contribution in [0, 0.1) is 0 Å². The lowest BCUT2D eigenvalue weighted by molar-refractivity contribution is -0.132. The molecule has 0 fully saturated rings. The van der Waals surface area contributed by atoms with Crippen LogP contribution in [0.25, 0.3) is 5.57 Å². The van der Waals surface area contributed by atoms with Gasteiger partial charge in [-0.1, -0.05) is 24.3 Å². The molecule has 2 aromatic rings. The molecule has 1 heterocycles. The first-order chi connectivity index (χ1) is 11.6. The largest absolute Gasteiger partial charge is 0.497 e. The van der Waals surface area contributed by atoms with Crippen LogP contribution in [0.3, 0.4) is 0 Å². The Labute approximate surface area is 148 Å². The molecule has 0 amide bonds. The number of rotatable bonds is 4. The van der Waals surface area contributed by atoms with Crippen molar-refractivity contribution in [1.29, 1.82) is 0 Å². The van der Waals surface area contributed by atoms with E-state index in [0.717, 1.165) is 28.2 Å². The zero-order valence-electron chi connectivity index (χ0n) is 13.2. The van der Waals surface area contributed by atoms with Gasteiger partial charge in [-0.3, -0.25) is 0 Å². The normalized spacial score (nSPS) is 13.4. The number of carbonyl (C=O) groups is 1. The van der Waals surface area contributed by atoms with Gasteiger partial charge in [0.25, 0.3) is 0 Å². The Balaban J connectivity index is 2.13. The van der Waals surface area contributed by atoms with Gasteiger partial charge in [-0.25, -0.2) is 4.79 Å². The smallest absolute Gasteiger partial charge is 0.350 e. The van der Waals surface area contributed by atoms with Crippen molar-refractivity contribution in [1.82, 2.24) is 0 Å². The van der Waals surface area contributed by atoms with Crippen LogP contribution < -0.4 is 9.47 Å². The highest BCUT2D eigenvalue weighted by Crippen LogP contribution is 2.34. The number of methoxy groups -OCH3 is 2. The minimum Gasteiger partial charge on any atom is -0.497 e. The Kier molecular flexibility index (Phi) is 4.71. The van der Waals surface area contributed by atoms with E-state index in [1.54, 1.807) is 20.3 Å². The maximum atomic E-state index is 11.7. The van der Waals surface area contributed by atoms with Gasteiger partial charge in [0.05, 0.1) is 14.2 Å². The Bertz CT molecular complexity index is 768. The van der Waals surface area contributed by atoms with Gasteiger partial charge in [0.15, 0.2) is 0 Å². The molecule has 0 saturated heterocycles. The third-order valence-corrected chi connectivity index (χ3v) is 4.21. The minimum absolute atomic E-state index is 0.399. The molecule has 0 N–H and O–H groups in total.